The minimum Gasteiger partial charge on any atom is -0.481 e. The molecule has 4 nitrogen and oxygen atoms in total. The summed E-state index contributed by atoms with van der Waals surface area (Å²) in [5, 5.41) is 2.79. The maximum Gasteiger partial charge on any atom is 0.414 e. The molecule has 1 N–H and O–H groups in total. The summed E-state index contributed by atoms with van der Waals surface area (Å²) >= 11 is 5.70. The number of anilines is 1. The Morgan fingerprint density at radius 3 is 2.54 bits per heavy atom. The summed E-state index contributed by atoms with van der Waals surface area (Å²) in [4.78, 5) is 7.97. The zero-order chi connectivity index (χ0) is 18.6. The minimum absolute atomic E-state index is 0.134. The lowest BCUT2D eigenvalue weighted by molar-refractivity contribution is -0.144. The molecule has 1 aromatic carbocycles. The predicted octanol–water partition coefficient (Wildman–Crippen LogP) is 4.81. The zero-order valence-corrected chi connectivity index (χ0v) is 14.5. The first-order valence-corrected chi connectivity index (χ1v) is 8.46. The number of hydrogen-bond acceptors (Lipinski definition) is 4. The third kappa shape index (κ3) is 4.88. The Morgan fingerprint density at radius 1 is 1.19 bits per heavy atom. The van der Waals surface area contributed by atoms with Crippen LogP contribution in [0.1, 0.15) is 23.7 Å². The Balaban J connectivity index is 1.66. The highest BCUT2D eigenvalue weighted by molar-refractivity contribution is 6.30. The van der Waals surface area contributed by atoms with Gasteiger partial charge in [-0.3, -0.25) is 9.98 Å². The fraction of sp³-hybridized carbons (Fsp3) is 0.333. The number of rotatable bonds is 6. The van der Waals surface area contributed by atoms with Gasteiger partial charge in [0.05, 0.1) is 16.8 Å². The van der Waals surface area contributed by atoms with E-state index in [0.717, 1.165) is 18.4 Å². The molecule has 2 heterocycles. The molecule has 0 amide bonds. The molecule has 3 rings (SSSR count). The van der Waals surface area contributed by atoms with E-state index in [-0.39, 0.29) is 16.8 Å². The number of benzene rings is 1. The van der Waals surface area contributed by atoms with Crippen LogP contribution in [0.5, 0.6) is 0 Å². The predicted molar refractivity (Wildman–Crippen MR) is 94.7 cm³/mol. The highest BCUT2D eigenvalue weighted by Gasteiger charge is 2.41. The summed E-state index contributed by atoms with van der Waals surface area (Å²) in [5.41, 5.74) is 1.27. The van der Waals surface area contributed by atoms with Crippen LogP contribution < -0.4 is 5.32 Å². The van der Waals surface area contributed by atoms with Gasteiger partial charge in [-0.15, -0.1) is 0 Å². The van der Waals surface area contributed by atoms with Crippen LogP contribution in [0.15, 0.2) is 47.6 Å². The fourth-order valence-corrected chi connectivity index (χ4v) is 2.74. The second kappa shape index (κ2) is 7.95. The van der Waals surface area contributed by atoms with Crippen molar-refractivity contribution in [1.82, 2.24) is 4.98 Å². The van der Waals surface area contributed by atoms with Gasteiger partial charge in [0.2, 0.25) is 0 Å². The van der Waals surface area contributed by atoms with Gasteiger partial charge in [0.1, 0.15) is 6.61 Å². The van der Waals surface area contributed by atoms with E-state index in [1.807, 2.05) is 12.1 Å². The third-order valence-corrected chi connectivity index (χ3v) is 4.26. The van der Waals surface area contributed by atoms with E-state index in [1.54, 1.807) is 12.1 Å². The molecule has 0 radical (unpaired) electrons. The first kappa shape index (κ1) is 18.5. The number of aromatic nitrogens is 1. The van der Waals surface area contributed by atoms with Crippen LogP contribution in [0.3, 0.4) is 0 Å². The van der Waals surface area contributed by atoms with Crippen LogP contribution in [-0.4, -0.2) is 30.2 Å². The molecule has 26 heavy (non-hydrogen) atoms. The first-order valence-electron chi connectivity index (χ1n) is 8.09. The van der Waals surface area contributed by atoms with Crippen molar-refractivity contribution >= 4 is 23.7 Å². The number of ether oxygens (including phenoxy) is 1. The van der Waals surface area contributed by atoms with E-state index in [0.29, 0.717) is 12.3 Å². The van der Waals surface area contributed by atoms with Gasteiger partial charge in [0.15, 0.2) is 12.4 Å². The Labute approximate surface area is 154 Å². The molecule has 0 saturated carbocycles. The van der Waals surface area contributed by atoms with Crippen molar-refractivity contribution in [3.8, 4) is 0 Å². The summed E-state index contributed by atoms with van der Waals surface area (Å²) < 4.78 is 45.3. The van der Waals surface area contributed by atoms with Gasteiger partial charge >= 0.3 is 6.18 Å². The molecule has 0 fully saturated rings. The van der Waals surface area contributed by atoms with E-state index in [4.69, 9.17) is 16.3 Å². The lowest BCUT2D eigenvalue weighted by atomic mass is 10.1. The van der Waals surface area contributed by atoms with Crippen molar-refractivity contribution in [3.05, 3.63) is 58.9 Å². The van der Waals surface area contributed by atoms with Gasteiger partial charge in [-0.25, -0.2) is 0 Å². The Kier molecular flexibility index (Phi) is 5.66. The smallest absolute Gasteiger partial charge is 0.414 e. The summed E-state index contributed by atoms with van der Waals surface area (Å²) in [6, 6.07) is 7.80. The van der Waals surface area contributed by atoms with E-state index in [1.165, 1.54) is 24.7 Å². The molecule has 8 heteroatoms. The van der Waals surface area contributed by atoms with Crippen LogP contribution >= 0.6 is 11.6 Å². The largest absolute Gasteiger partial charge is 0.481 e. The van der Waals surface area contributed by atoms with Gasteiger partial charge in [0, 0.05) is 11.9 Å². The van der Waals surface area contributed by atoms with Crippen molar-refractivity contribution < 1.29 is 17.9 Å². The van der Waals surface area contributed by atoms with Crippen molar-refractivity contribution in [3.63, 3.8) is 0 Å². The molecule has 1 unspecified atom stereocenters. The molecule has 1 aliphatic heterocycles. The van der Waals surface area contributed by atoms with Gasteiger partial charge in [-0.2, -0.15) is 13.2 Å². The number of nitrogens with zero attached hydrogens (tertiary/aromatic N) is 2. The van der Waals surface area contributed by atoms with Crippen LogP contribution in [-0.2, 0) is 11.2 Å². The molecule has 1 aliphatic rings. The highest BCUT2D eigenvalue weighted by Crippen LogP contribution is 2.35. The summed E-state index contributed by atoms with van der Waals surface area (Å²) in [7, 11) is 0. The highest BCUT2D eigenvalue weighted by atomic mass is 35.5. The van der Waals surface area contributed by atoms with E-state index in [2.05, 4.69) is 15.3 Å². The number of aryl methyl sites for hydroxylation is 1. The van der Waals surface area contributed by atoms with E-state index >= 15 is 0 Å². The van der Waals surface area contributed by atoms with Crippen molar-refractivity contribution in [2.45, 2.75) is 31.1 Å². The van der Waals surface area contributed by atoms with Crippen LogP contribution in [0, 0.1) is 0 Å². The van der Waals surface area contributed by atoms with Crippen molar-refractivity contribution in [2.24, 2.45) is 4.99 Å². The van der Waals surface area contributed by atoms with Crippen molar-refractivity contribution in [1.29, 1.82) is 0 Å². The number of hydrogen-bond donors (Lipinski definition) is 1. The number of halogens is 4. The van der Waals surface area contributed by atoms with E-state index in [9.17, 15) is 13.2 Å². The summed E-state index contributed by atoms with van der Waals surface area (Å²) in [6.45, 7) is 0.584. The Morgan fingerprint density at radius 2 is 1.96 bits per heavy atom. The maximum absolute atomic E-state index is 13.4. The molecular formula is C18H17ClF3N3O. The molecule has 138 valence electrons. The second-order valence-corrected chi connectivity index (χ2v) is 6.43. The Hall–Kier alpha value is -2.28. The summed E-state index contributed by atoms with van der Waals surface area (Å²) in [6.07, 6.45) is -0.203. The molecule has 2 aromatic rings. The monoisotopic (exact) mass is 383 g/mol. The molecule has 1 aromatic heterocycles. The van der Waals surface area contributed by atoms with Gasteiger partial charge in [-0.05, 0) is 42.7 Å². The molecule has 0 saturated heterocycles. The van der Waals surface area contributed by atoms with Crippen LogP contribution in [0.4, 0.5) is 18.9 Å². The number of alkyl halides is 3. The quantitative estimate of drug-likeness (QED) is 0.778. The standard InChI is InChI=1S/C18H17ClF3N3O/c19-13-4-8-16(23-9-13)17(18(20,21)22)25-14-5-1-12(2-6-14)3-7-15-10-26-11-24-15/h1-2,4-6,8-9,11,15,17,25H,3,7,10H2/t15-,17?/m0/s1. The normalized spacial score (nSPS) is 17.8. The lowest BCUT2D eigenvalue weighted by Gasteiger charge is -2.22. The number of nitrogens with one attached hydrogen (secondary N) is 1. The minimum atomic E-state index is -4.49. The molecule has 0 bridgehead atoms. The first-order chi connectivity index (χ1) is 12.4. The van der Waals surface area contributed by atoms with Gasteiger partial charge in [0.25, 0.3) is 0 Å². The SMILES string of the molecule is FC(F)(F)C(Nc1ccc(CC[C@H]2COC=N2)cc1)c1ccc(Cl)cn1. The average Bonchev–Trinajstić information content (AvgIpc) is 3.12. The van der Waals surface area contributed by atoms with Gasteiger partial charge < -0.3 is 10.1 Å². The zero-order valence-electron chi connectivity index (χ0n) is 13.7. The lowest BCUT2D eigenvalue weighted by Crippen LogP contribution is -2.28. The van der Waals surface area contributed by atoms with Crippen LogP contribution in [0.2, 0.25) is 5.02 Å². The summed E-state index contributed by atoms with van der Waals surface area (Å²) in [5.74, 6) is 0. The molecule has 0 spiro atoms. The number of pyridine rings is 1. The number of aliphatic imine (C=N–C) groups is 1. The average molecular weight is 384 g/mol. The van der Waals surface area contributed by atoms with E-state index < -0.39 is 12.2 Å². The van der Waals surface area contributed by atoms with Gasteiger partial charge in [-0.1, -0.05) is 23.7 Å². The molecule has 0 aliphatic carbocycles. The Bertz CT molecular complexity index is 748. The maximum atomic E-state index is 13.4. The van der Waals surface area contributed by atoms with Crippen molar-refractivity contribution in [2.75, 3.05) is 11.9 Å². The fourth-order valence-electron chi connectivity index (χ4n) is 2.63. The molecule has 2 atom stereocenters. The third-order valence-electron chi connectivity index (χ3n) is 4.04. The topological polar surface area (TPSA) is 46.5 Å². The molecular weight excluding hydrogens is 367 g/mol. The second-order valence-electron chi connectivity index (χ2n) is 6.00. The van der Waals surface area contributed by atoms with Crippen LogP contribution in [0.25, 0.3) is 0 Å².